The molecule has 1 saturated heterocycles. The number of H-pyrrole nitrogens is 1. The molecule has 3 heterocycles. The second kappa shape index (κ2) is 9.87. The van der Waals surface area contributed by atoms with E-state index in [1.54, 1.807) is 11.6 Å². The van der Waals surface area contributed by atoms with Crippen LogP contribution in [0.4, 0.5) is 5.69 Å². The normalized spacial score (nSPS) is 14.3. The Balaban J connectivity index is 1.12. The predicted molar refractivity (Wildman–Crippen MR) is 136 cm³/mol. The Morgan fingerprint density at radius 1 is 1.14 bits per heavy atom. The second-order valence-corrected chi connectivity index (χ2v) is 9.78. The van der Waals surface area contributed by atoms with Crippen LogP contribution in [0.25, 0.3) is 10.9 Å². The number of likely N-dealkylation sites (tertiary alicyclic amines) is 1. The summed E-state index contributed by atoms with van der Waals surface area (Å²) in [6.07, 6.45) is 3.38. The Morgan fingerprint density at radius 2 is 1.97 bits per heavy atom. The molecule has 180 valence electrons. The minimum Gasteiger partial charge on any atom is -0.484 e. The minimum absolute atomic E-state index is 0.00452. The molecule has 8 nitrogen and oxygen atoms in total. The van der Waals surface area contributed by atoms with Crippen LogP contribution < -0.4 is 10.1 Å². The summed E-state index contributed by atoms with van der Waals surface area (Å²) < 4.78 is 5.71. The van der Waals surface area contributed by atoms with Gasteiger partial charge in [0, 0.05) is 35.5 Å². The molecular formula is C26H27N5O3S. The lowest BCUT2D eigenvalue weighted by atomic mass is 9.97. The maximum atomic E-state index is 12.7. The fourth-order valence-electron chi connectivity index (χ4n) is 4.21. The molecule has 0 atom stereocenters. The van der Waals surface area contributed by atoms with Gasteiger partial charge in [-0.05, 0) is 68.1 Å². The summed E-state index contributed by atoms with van der Waals surface area (Å²) in [4.78, 5) is 31.8. The third-order valence-electron chi connectivity index (χ3n) is 6.49. The van der Waals surface area contributed by atoms with Crippen molar-refractivity contribution >= 4 is 39.7 Å². The quantitative estimate of drug-likeness (QED) is 0.410. The highest BCUT2D eigenvalue weighted by Crippen LogP contribution is 2.31. The standard InChI is InChI=1S/C26H27N5O3S/c1-16-3-6-21(11-17(16)2)34-14-24(32)31-9-7-18(8-10-31)26-29-23(15-35-26)25(33)28-20-5-4-19-13-27-30-22(19)12-20/h3-6,11-13,15,18H,7-10,14H2,1-2H3,(H,27,30)(H,28,33). The molecule has 0 unspecified atom stereocenters. The van der Waals surface area contributed by atoms with E-state index < -0.39 is 0 Å². The summed E-state index contributed by atoms with van der Waals surface area (Å²) in [5.41, 5.74) is 4.31. The van der Waals surface area contributed by atoms with Crippen molar-refractivity contribution in [1.29, 1.82) is 0 Å². The van der Waals surface area contributed by atoms with Gasteiger partial charge in [-0.2, -0.15) is 5.10 Å². The van der Waals surface area contributed by atoms with E-state index in [9.17, 15) is 9.59 Å². The van der Waals surface area contributed by atoms with Crippen molar-refractivity contribution < 1.29 is 14.3 Å². The number of aromatic amines is 1. The number of nitrogens with zero attached hydrogens (tertiary/aromatic N) is 3. The smallest absolute Gasteiger partial charge is 0.275 e. The van der Waals surface area contributed by atoms with E-state index in [2.05, 4.69) is 20.5 Å². The van der Waals surface area contributed by atoms with Gasteiger partial charge < -0.3 is 15.0 Å². The van der Waals surface area contributed by atoms with Crippen molar-refractivity contribution in [2.24, 2.45) is 0 Å². The number of rotatable bonds is 6. The molecule has 1 fully saturated rings. The molecule has 35 heavy (non-hydrogen) atoms. The van der Waals surface area contributed by atoms with Crippen molar-refractivity contribution in [3.05, 3.63) is 69.8 Å². The lowest BCUT2D eigenvalue weighted by Crippen LogP contribution is -2.40. The highest BCUT2D eigenvalue weighted by molar-refractivity contribution is 7.10. The maximum absolute atomic E-state index is 12.7. The third-order valence-corrected chi connectivity index (χ3v) is 7.50. The highest BCUT2D eigenvalue weighted by atomic mass is 32.1. The van der Waals surface area contributed by atoms with Gasteiger partial charge in [0.2, 0.25) is 0 Å². The first-order valence-electron chi connectivity index (χ1n) is 11.6. The maximum Gasteiger partial charge on any atom is 0.275 e. The number of aromatic nitrogens is 3. The number of amides is 2. The van der Waals surface area contributed by atoms with E-state index in [1.165, 1.54) is 16.9 Å². The van der Waals surface area contributed by atoms with Crippen LogP contribution in [0, 0.1) is 13.8 Å². The molecule has 2 N–H and O–H groups in total. The summed E-state index contributed by atoms with van der Waals surface area (Å²) in [7, 11) is 0. The van der Waals surface area contributed by atoms with Crippen molar-refractivity contribution in [1.82, 2.24) is 20.1 Å². The molecule has 4 aromatic rings. The average Bonchev–Trinajstić information content (AvgIpc) is 3.54. The Labute approximate surface area is 207 Å². The molecule has 0 saturated carbocycles. The van der Waals surface area contributed by atoms with Gasteiger partial charge >= 0.3 is 0 Å². The fourth-order valence-corrected chi connectivity index (χ4v) is 5.18. The second-order valence-electron chi connectivity index (χ2n) is 8.89. The molecule has 9 heteroatoms. The molecule has 0 radical (unpaired) electrons. The Hall–Kier alpha value is -3.72. The number of hydrogen-bond donors (Lipinski definition) is 2. The van der Waals surface area contributed by atoms with Crippen LogP contribution in [0.1, 0.15) is 45.4 Å². The van der Waals surface area contributed by atoms with Gasteiger partial charge in [0.1, 0.15) is 11.4 Å². The molecule has 0 bridgehead atoms. The van der Waals surface area contributed by atoms with Gasteiger partial charge in [0.15, 0.2) is 6.61 Å². The number of anilines is 1. The zero-order valence-electron chi connectivity index (χ0n) is 19.7. The van der Waals surface area contributed by atoms with Gasteiger partial charge in [0.05, 0.1) is 16.7 Å². The lowest BCUT2D eigenvalue weighted by molar-refractivity contribution is -0.134. The fraction of sp³-hybridized carbons (Fsp3) is 0.308. The zero-order chi connectivity index (χ0) is 24.4. The summed E-state index contributed by atoms with van der Waals surface area (Å²) >= 11 is 1.50. The van der Waals surface area contributed by atoms with Crippen LogP contribution in [0.2, 0.25) is 0 Å². The Bertz CT molecular complexity index is 1370. The Morgan fingerprint density at radius 3 is 2.77 bits per heavy atom. The van der Waals surface area contributed by atoms with Crippen LogP contribution in [-0.2, 0) is 4.79 Å². The van der Waals surface area contributed by atoms with Crippen molar-refractivity contribution in [2.45, 2.75) is 32.6 Å². The van der Waals surface area contributed by atoms with Gasteiger partial charge in [0.25, 0.3) is 11.8 Å². The van der Waals surface area contributed by atoms with Gasteiger partial charge in [-0.3, -0.25) is 14.7 Å². The van der Waals surface area contributed by atoms with Crippen LogP contribution in [0.3, 0.4) is 0 Å². The number of ether oxygens (including phenoxy) is 1. The number of benzene rings is 2. The van der Waals surface area contributed by atoms with Crippen LogP contribution >= 0.6 is 11.3 Å². The monoisotopic (exact) mass is 489 g/mol. The van der Waals surface area contributed by atoms with Crippen molar-refractivity contribution in [3.8, 4) is 5.75 Å². The molecule has 2 aromatic carbocycles. The predicted octanol–water partition coefficient (Wildman–Crippen LogP) is 4.67. The summed E-state index contributed by atoms with van der Waals surface area (Å²) in [6, 6.07) is 11.5. The number of aryl methyl sites for hydroxylation is 2. The molecule has 1 aliphatic heterocycles. The van der Waals surface area contributed by atoms with E-state index in [0.29, 0.717) is 24.5 Å². The van der Waals surface area contributed by atoms with Gasteiger partial charge in [-0.1, -0.05) is 6.07 Å². The first kappa shape index (κ1) is 23.0. The van der Waals surface area contributed by atoms with Gasteiger partial charge in [-0.15, -0.1) is 11.3 Å². The average molecular weight is 490 g/mol. The lowest BCUT2D eigenvalue weighted by Gasteiger charge is -2.31. The van der Waals surface area contributed by atoms with E-state index >= 15 is 0 Å². The number of piperidine rings is 1. The highest BCUT2D eigenvalue weighted by Gasteiger charge is 2.26. The van der Waals surface area contributed by atoms with E-state index in [0.717, 1.165) is 40.1 Å². The largest absolute Gasteiger partial charge is 0.484 e. The summed E-state index contributed by atoms with van der Waals surface area (Å²) in [6.45, 7) is 5.44. The third kappa shape index (κ3) is 5.19. The minimum atomic E-state index is -0.234. The number of nitrogens with one attached hydrogen (secondary N) is 2. The molecule has 0 aliphatic carbocycles. The number of thiazole rings is 1. The van der Waals surface area contributed by atoms with Crippen LogP contribution in [0.5, 0.6) is 5.75 Å². The van der Waals surface area contributed by atoms with Gasteiger partial charge in [-0.25, -0.2) is 4.98 Å². The number of carbonyl (C=O) groups excluding carboxylic acids is 2. The summed E-state index contributed by atoms with van der Waals surface area (Å²) in [5, 5.41) is 13.5. The molecule has 2 aromatic heterocycles. The molecule has 5 rings (SSSR count). The van der Waals surface area contributed by atoms with E-state index in [1.807, 2.05) is 55.1 Å². The van der Waals surface area contributed by atoms with E-state index in [4.69, 9.17) is 4.74 Å². The van der Waals surface area contributed by atoms with E-state index in [-0.39, 0.29) is 24.3 Å². The number of fused-ring (bicyclic) bond motifs is 1. The molecule has 0 spiro atoms. The number of hydrogen-bond acceptors (Lipinski definition) is 6. The van der Waals surface area contributed by atoms with Crippen molar-refractivity contribution in [2.75, 3.05) is 25.0 Å². The zero-order valence-corrected chi connectivity index (χ0v) is 20.5. The molecule has 1 aliphatic rings. The topological polar surface area (TPSA) is 100 Å². The van der Waals surface area contributed by atoms with Crippen molar-refractivity contribution in [3.63, 3.8) is 0 Å². The summed E-state index contributed by atoms with van der Waals surface area (Å²) in [5.74, 6) is 0.722. The molecule has 2 amide bonds. The number of carbonyl (C=O) groups is 2. The molecular weight excluding hydrogens is 462 g/mol. The first-order chi connectivity index (χ1) is 17.0. The van der Waals surface area contributed by atoms with Crippen LogP contribution in [0.15, 0.2) is 48.0 Å². The Kier molecular flexibility index (Phi) is 6.50. The van der Waals surface area contributed by atoms with Crippen LogP contribution in [-0.4, -0.2) is 51.6 Å². The SMILES string of the molecule is Cc1ccc(OCC(=O)N2CCC(c3nc(C(=O)Nc4ccc5cn[nH]c5c4)cs3)CC2)cc1C. The first-order valence-corrected chi connectivity index (χ1v) is 12.5.